The highest BCUT2D eigenvalue weighted by Crippen LogP contribution is 2.57. The second-order valence-electron chi connectivity index (χ2n) is 7.23. The van der Waals surface area contributed by atoms with Crippen molar-refractivity contribution < 1.29 is 9.90 Å². The Kier molecular flexibility index (Phi) is 3.81. The predicted molar refractivity (Wildman–Crippen MR) is 84.5 cm³/mol. The van der Waals surface area contributed by atoms with Gasteiger partial charge in [-0.15, -0.1) is 0 Å². The van der Waals surface area contributed by atoms with Crippen LogP contribution in [0.15, 0.2) is 18.2 Å². The molecule has 0 aromatic heterocycles. The van der Waals surface area contributed by atoms with Crippen molar-refractivity contribution in [2.45, 2.75) is 64.7 Å². The number of carbonyl (C=O) groups is 1. The molecule has 2 aliphatic carbocycles. The van der Waals surface area contributed by atoms with Gasteiger partial charge >= 0.3 is 0 Å². The molecule has 3 rings (SSSR count). The van der Waals surface area contributed by atoms with E-state index >= 15 is 0 Å². The first-order valence-electron chi connectivity index (χ1n) is 8.38. The van der Waals surface area contributed by atoms with Gasteiger partial charge in [0.15, 0.2) is 0 Å². The lowest BCUT2D eigenvalue weighted by molar-refractivity contribution is -0.126. The smallest absolute Gasteiger partial charge is 0.133 e. The summed E-state index contributed by atoms with van der Waals surface area (Å²) in [5.41, 5.74) is 2.82. The zero-order valence-electron chi connectivity index (χ0n) is 13.2. The van der Waals surface area contributed by atoms with Gasteiger partial charge in [-0.1, -0.05) is 32.8 Å². The third-order valence-electron chi connectivity index (χ3n) is 5.98. The Morgan fingerprint density at radius 2 is 2.14 bits per heavy atom. The standard InChI is InChI=1S/C19H26O2/c1-3-4-5-14-11-16(21)12-18-17-7-6-15(20)10-13(17)8-9-19(14,18)2/h6-7,10,14,18,20H,3-5,8-9,11-12H2,1-2H3/t14-,18+,19-/m0/s1. The summed E-state index contributed by atoms with van der Waals surface area (Å²) < 4.78 is 0. The van der Waals surface area contributed by atoms with E-state index in [2.05, 4.69) is 19.9 Å². The molecular weight excluding hydrogens is 260 g/mol. The number of Topliss-reactive ketones (excluding diaryl/α,β-unsaturated/α-hetero) is 1. The van der Waals surface area contributed by atoms with Gasteiger partial charge in [0.2, 0.25) is 0 Å². The van der Waals surface area contributed by atoms with Gasteiger partial charge in [-0.2, -0.15) is 0 Å². The van der Waals surface area contributed by atoms with Crippen LogP contribution in [0.4, 0.5) is 0 Å². The van der Waals surface area contributed by atoms with Crippen molar-refractivity contribution in [3.05, 3.63) is 29.3 Å². The van der Waals surface area contributed by atoms with Gasteiger partial charge in [-0.25, -0.2) is 0 Å². The van der Waals surface area contributed by atoms with Crippen LogP contribution in [0.5, 0.6) is 5.75 Å². The minimum absolute atomic E-state index is 0.257. The van der Waals surface area contributed by atoms with Crippen LogP contribution in [-0.2, 0) is 11.2 Å². The van der Waals surface area contributed by atoms with Crippen LogP contribution in [0.2, 0.25) is 0 Å². The molecule has 0 bridgehead atoms. The fourth-order valence-electron chi connectivity index (χ4n) is 4.62. The minimum Gasteiger partial charge on any atom is -0.508 e. The monoisotopic (exact) mass is 286 g/mol. The molecule has 0 aliphatic heterocycles. The minimum atomic E-state index is 0.257. The normalized spacial score (nSPS) is 31.6. The number of benzene rings is 1. The number of fused-ring (bicyclic) bond motifs is 3. The van der Waals surface area contributed by atoms with E-state index < -0.39 is 0 Å². The van der Waals surface area contributed by atoms with Crippen molar-refractivity contribution in [2.75, 3.05) is 0 Å². The topological polar surface area (TPSA) is 37.3 Å². The second-order valence-corrected chi connectivity index (χ2v) is 7.23. The average Bonchev–Trinajstić information content (AvgIpc) is 2.46. The highest BCUT2D eigenvalue weighted by atomic mass is 16.3. The molecule has 0 unspecified atom stereocenters. The number of ketones is 1. The largest absolute Gasteiger partial charge is 0.508 e. The number of aryl methyl sites for hydroxylation is 1. The number of phenols is 1. The summed E-state index contributed by atoms with van der Waals surface area (Å²) >= 11 is 0. The molecule has 2 heteroatoms. The SMILES string of the molecule is CCCC[C@H]1CC(=O)C[C@@H]2c3ccc(O)cc3CC[C@@]12C. The lowest BCUT2D eigenvalue weighted by atomic mass is 9.53. The van der Waals surface area contributed by atoms with Crippen molar-refractivity contribution in [1.29, 1.82) is 0 Å². The second kappa shape index (κ2) is 5.47. The van der Waals surface area contributed by atoms with Gasteiger partial charge < -0.3 is 5.11 Å². The number of phenolic OH excluding ortho intramolecular Hbond substituents is 1. The van der Waals surface area contributed by atoms with E-state index in [9.17, 15) is 9.90 Å². The van der Waals surface area contributed by atoms with Gasteiger partial charge in [0.05, 0.1) is 0 Å². The summed E-state index contributed by atoms with van der Waals surface area (Å²) in [5.74, 6) is 1.66. The summed E-state index contributed by atoms with van der Waals surface area (Å²) in [7, 11) is 0. The molecule has 0 heterocycles. The number of hydrogen-bond donors (Lipinski definition) is 1. The van der Waals surface area contributed by atoms with E-state index in [0.29, 0.717) is 29.8 Å². The van der Waals surface area contributed by atoms with Crippen molar-refractivity contribution in [3.8, 4) is 5.75 Å². The molecule has 0 amide bonds. The zero-order valence-corrected chi connectivity index (χ0v) is 13.2. The van der Waals surface area contributed by atoms with Crippen LogP contribution in [-0.4, -0.2) is 10.9 Å². The van der Waals surface area contributed by atoms with Crippen LogP contribution in [0, 0.1) is 11.3 Å². The maximum atomic E-state index is 12.3. The third-order valence-corrected chi connectivity index (χ3v) is 5.98. The van der Waals surface area contributed by atoms with E-state index in [1.165, 1.54) is 30.4 Å². The fourth-order valence-corrected chi connectivity index (χ4v) is 4.62. The third kappa shape index (κ3) is 2.49. The molecule has 0 spiro atoms. The molecule has 0 radical (unpaired) electrons. The Hall–Kier alpha value is -1.31. The molecule has 1 aromatic carbocycles. The Bertz CT molecular complexity index is 548. The summed E-state index contributed by atoms with van der Waals surface area (Å²) in [6.45, 7) is 4.63. The van der Waals surface area contributed by atoms with Crippen LogP contribution in [0.25, 0.3) is 0 Å². The molecule has 1 aromatic rings. The first-order valence-corrected chi connectivity index (χ1v) is 8.38. The molecule has 0 saturated heterocycles. The first-order chi connectivity index (χ1) is 10.0. The van der Waals surface area contributed by atoms with Crippen LogP contribution >= 0.6 is 0 Å². The Morgan fingerprint density at radius 3 is 2.90 bits per heavy atom. The molecule has 1 N–H and O–H groups in total. The molecule has 2 nitrogen and oxygen atoms in total. The van der Waals surface area contributed by atoms with Crippen LogP contribution < -0.4 is 0 Å². The number of hydrogen-bond acceptors (Lipinski definition) is 2. The number of unbranched alkanes of at least 4 members (excludes halogenated alkanes) is 1. The van der Waals surface area contributed by atoms with Crippen molar-refractivity contribution in [1.82, 2.24) is 0 Å². The van der Waals surface area contributed by atoms with Crippen molar-refractivity contribution >= 4 is 5.78 Å². The van der Waals surface area contributed by atoms with Gasteiger partial charge in [-0.05, 0) is 59.8 Å². The van der Waals surface area contributed by atoms with Gasteiger partial charge in [0.1, 0.15) is 11.5 Å². The molecule has 114 valence electrons. The van der Waals surface area contributed by atoms with Crippen LogP contribution in [0.1, 0.15) is 69.4 Å². The van der Waals surface area contributed by atoms with Gasteiger partial charge in [0.25, 0.3) is 0 Å². The molecule has 3 atom stereocenters. The van der Waals surface area contributed by atoms with E-state index in [4.69, 9.17) is 0 Å². The number of rotatable bonds is 3. The maximum Gasteiger partial charge on any atom is 0.133 e. The zero-order chi connectivity index (χ0) is 15.0. The summed E-state index contributed by atoms with van der Waals surface area (Å²) in [5, 5.41) is 9.70. The van der Waals surface area contributed by atoms with Gasteiger partial charge in [-0.3, -0.25) is 4.79 Å². The number of carbonyl (C=O) groups excluding carboxylic acids is 1. The molecular formula is C19H26O2. The quantitative estimate of drug-likeness (QED) is 0.882. The van der Waals surface area contributed by atoms with Crippen molar-refractivity contribution in [3.63, 3.8) is 0 Å². The summed E-state index contributed by atoms with van der Waals surface area (Å²) in [4.78, 5) is 12.3. The van der Waals surface area contributed by atoms with E-state index in [-0.39, 0.29) is 5.41 Å². The Labute approximate surface area is 127 Å². The lowest BCUT2D eigenvalue weighted by Crippen LogP contribution is -2.43. The highest BCUT2D eigenvalue weighted by Gasteiger charge is 2.48. The highest BCUT2D eigenvalue weighted by molar-refractivity contribution is 5.81. The lowest BCUT2D eigenvalue weighted by Gasteiger charge is -2.51. The summed E-state index contributed by atoms with van der Waals surface area (Å²) in [6.07, 6.45) is 7.27. The first kappa shape index (κ1) is 14.6. The molecule has 2 aliphatic rings. The Balaban J connectivity index is 1.96. The fraction of sp³-hybridized carbons (Fsp3) is 0.632. The van der Waals surface area contributed by atoms with E-state index in [0.717, 1.165) is 19.3 Å². The molecule has 1 fully saturated rings. The Morgan fingerprint density at radius 1 is 1.33 bits per heavy atom. The number of aromatic hydroxyl groups is 1. The maximum absolute atomic E-state index is 12.3. The molecule has 1 saturated carbocycles. The summed E-state index contributed by atoms with van der Waals surface area (Å²) in [6, 6.07) is 5.74. The predicted octanol–water partition coefficient (Wildman–Crippen LogP) is 4.60. The van der Waals surface area contributed by atoms with Gasteiger partial charge in [0, 0.05) is 12.8 Å². The molecule has 21 heavy (non-hydrogen) atoms. The van der Waals surface area contributed by atoms with E-state index in [1.54, 1.807) is 6.07 Å². The van der Waals surface area contributed by atoms with Crippen molar-refractivity contribution in [2.24, 2.45) is 11.3 Å². The van der Waals surface area contributed by atoms with Crippen LogP contribution in [0.3, 0.4) is 0 Å². The average molecular weight is 286 g/mol. The van der Waals surface area contributed by atoms with E-state index in [1.807, 2.05) is 6.07 Å².